The first-order chi connectivity index (χ1) is 12.2. The van der Waals surface area contributed by atoms with E-state index in [1.165, 1.54) is 11.1 Å². The standard InChI is InChI=1S/C20H21N3O2/c24-19(22-8-3-4-9-22)17-11-18(13-21-12-17)20(25)23-10-7-15-5-1-2-6-16(15)14-23/h1-2,5-6,11-13H,3-4,7-10,14H2. The van der Waals surface area contributed by atoms with Crippen LogP contribution in [0.4, 0.5) is 0 Å². The fourth-order valence-electron chi connectivity index (χ4n) is 3.63. The van der Waals surface area contributed by atoms with Crippen LogP contribution < -0.4 is 0 Å². The van der Waals surface area contributed by atoms with E-state index >= 15 is 0 Å². The van der Waals surface area contributed by atoms with Gasteiger partial charge in [0.2, 0.25) is 0 Å². The van der Waals surface area contributed by atoms with Gasteiger partial charge in [-0.05, 0) is 36.5 Å². The number of nitrogens with zero attached hydrogens (tertiary/aromatic N) is 3. The molecule has 0 unspecified atom stereocenters. The van der Waals surface area contributed by atoms with Gasteiger partial charge in [-0.1, -0.05) is 24.3 Å². The molecule has 0 N–H and O–H groups in total. The molecular formula is C20H21N3O2. The summed E-state index contributed by atoms with van der Waals surface area (Å²) in [4.78, 5) is 33.2. The highest BCUT2D eigenvalue weighted by atomic mass is 16.2. The lowest BCUT2D eigenvalue weighted by molar-refractivity contribution is 0.0734. The van der Waals surface area contributed by atoms with Gasteiger partial charge in [0.05, 0.1) is 11.1 Å². The van der Waals surface area contributed by atoms with Crippen molar-refractivity contribution in [2.24, 2.45) is 0 Å². The number of aromatic nitrogens is 1. The van der Waals surface area contributed by atoms with E-state index in [4.69, 9.17) is 0 Å². The van der Waals surface area contributed by atoms with Crippen LogP contribution >= 0.6 is 0 Å². The molecule has 1 aromatic heterocycles. The maximum atomic E-state index is 12.9. The molecule has 128 valence electrons. The van der Waals surface area contributed by atoms with Crippen molar-refractivity contribution in [3.05, 3.63) is 65.0 Å². The molecule has 1 saturated heterocycles. The van der Waals surface area contributed by atoms with Crippen LogP contribution in [0.25, 0.3) is 0 Å². The van der Waals surface area contributed by atoms with Gasteiger partial charge in [0.25, 0.3) is 11.8 Å². The summed E-state index contributed by atoms with van der Waals surface area (Å²) in [6.45, 7) is 2.89. The fraction of sp³-hybridized carbons (Fsp3) is 0.350. The summed E-state index contributed by atoms with van der Waals surface area (Å²) in [6.07, 6.45) is 6.07. The molecule has 3 heterocycles. The third-order valence-corrected chi connectivity index (χ3v) is 5.04. The molecule has 5 heteroatoms. The van der Waals surface area contributed by atoms with Gasteiger partial charge >= 0.3 is 0 Å². The van der Waals surface area contributed by atoms with Crippen LogP contribution in [-0.2, 0) is 13.0 Å². The monoisotopic (exact) mass is 335 g/mol. The van der Waals surface area contributed by atoms with Gasteiger partial charge in [0.1, 0.15) is 0 Å². The Balaban J connectivity index is 1.53. The largest absolute Gasteiger partial charge is 0.339 e. The Hall–Kier alpha value is -2.69. The van der Waals surface area contributed by atoms with Crippen molar-refractivity contribution in [3.8, 4) is 0 Å². The van der Waals surface area contributed by atoms with Crippen LogP contribution in [0.5, 0.6) is 0 Å². The molecule has 0 aliphatic carbocycles. The average Bonchev–Trinajstić information content (AvgIpc) is 3.21. The first-order valence-electron chi connectivity index (χ1n) is 8.83. The molecule has 5 nitrogen and oxygen atoms in total. The summed E-state index contributed by atoms with van der Waals surface area (Å²) in [5, 5.41) is 0. The molecule has 2 aromatic rings. The van der Waals surface area contributed by atoms with Crippen LogP contribution in [0, 0.1) is 0 Å². The summed E-state index contributed by atoms with van der Waals surface area (Å²) in [6, 6.07) is 9.92. The zero-order valence-electron chi connectivity index (χ0n) is 14.1. The predicted octanol–water partition coefficient (Wildman–Crippen LogP) is 2.52. The average molecular weight is 335 g/mol. The quantitative estimate of drug-likeness (QED) is 0.847. The van der Waals surface area contributed by atoms with Crippen molar-refractivity contribution in [2.75, 3.05) is 19.6 Å². The number of carbonyl (C=O) groups is 2. The number of benzene rings is 1. The normalized spacial score (nSPS) is 16.6. The van der Waals surface area contributed by atoms with Crippen LogP contribution in [0.3, 0.4) is 0 Å². The number of amides is 2. The molecule has 2 amide bonds. The second kappa shape index (κ2) is 6.67. The highest BCUT2D eigenvalue weighted by Crippen LogP contribution is 2.21. The SMILES string of the molecule is O=C(c1cncc(C(=O)N2CCc3ccccc3C2)c1)N1CCCC1. The van der Waals surface area contributed by atoms with Crippen molar-refractivity contribution in [3.63, 3.8) is 0 Å². The summed E-state index contributed by atoms with van der Waals surface area (Å²) in [5.41, 5.74) is 3.50. The van der Waals surface area contributed by atoms with Gasteiger partial charge in [0, 0.05) is 38.6 Å². The number of likely N-dealkylation sites (tertiary alicyclic amines) is 1. The number of rotatable bonds is 2. The Morgan fingerprint density at radius 3 is 2.20 bits per heavy atom. The molecule has 0 radical (unpaired) electrons. The van der Waals surface area contributed by atoms with E-state index in [0.717, 1.165) is 32.4 Å². The highest BCUT2D eigenvalue weighted by molar-refractivity contribution is 5.99. The van der Waals surface area contributed by atoms with Crippen molar-refractivity contribution in [1.82, 2.24) is 14.8 Å². The maximum absolute atomic E-state index is 12.9. The Morgan fingerprint density at radius 2 is 1.48 bits per heavy atom. The molecule has 25 heavy (non-hydrogen) atoms. The number of pyridine rings is 1. The van der Waals surface area contributed by atoms with E-state index in [-0.39, 0.29) is 11.8 Å². The van der Waals surface area contributed by atoms with Crippen molar-refractivity contribution < 1.29 is 9.59 Å². The fourth-order valence-corrected chi connectivity index (χ4v) is 3.63. The Morgan fingerprint density at radius 1 is 0.840 bits per heavy atom. The van der Waals surface area contributed by atoms with Gasteiger partial charge in [-0.25, -0.2) is 0 Å². The van der Waals surface area contributed by atoms with Crippen LogP contribution in [0.1, 0.15) is 44.7 Å². The van der Waals surface area contributed by atoms with Gasteiger partial charge in [-0.2, -0.15) is 0 Å². The van der Waals surface area contributed by atoms with Gasteiger partial charge in [0.15, 0.2) is 0 Å². The van der Waals surface area contributed by atoms with Crippen LogP contribution in [-0.4, -0.2) is 46.2 Å². The molecule has 4 rings (SSSR count). The lowest BCUT2D eigenvalue weighted by Gasteiger charge is -2.29. The minimum atomic E-state index is -0.0573. The van der Waals surface area contributed by atoms with Gasteiger partial charge in [-0.3, -0.25) is 14.6 Å². The lowest BCUT2D eigenvalue weighted by atomic mass is 9.99. The number of hydrogen-bond acceptors (Lipinski definition) is 3. The van der Waals surface area contributed by atoms with E-state index in [1.54, 1.807) is 18.5 Å². The van der Waals surface area contributed by atoms with Crippen molar-refractivity contribution >= 4 is 11.8 Å². The summed E-state index contributed by atoms with van der Waals surface area (Å²) in [5.74, 6) is -0.0817. The highest BCUT2D eigenvalue weighted by Gasteiger charge is 2.24. The maximum Gasteiger partial charge on any atom is 0.255 e. The third-order valence-electron chi connectivity index (χ3n) is 5.04. The second-order valence-corrected chi connectivity index (χ2v) is 6.71. The van der Waals surface area contributed by atoms with E-state index in [9.17, 15) is 9.59 Å². The molecule has 2 aliphatic heterocycles. The van der Waals surface area contributed by atoms with E-state index in [1.807, 2.05) is 21.9 Å². The first kappa shape index (κ1) is 15.8. The minimum Gasteiger partial charge on any atom is -0.339 e. The number of hydrogen-bond donors (Lipinski definition) is 0. The molecule has 1 fully saturated rings. The zero-order valence-corrected chi connectivity index (χ0v) is 14.1. The predicted molar refractivity (Wildman–Crippen MR) is 94.3 cm³/mol. The second-order valence-electron chi connectivity index (χ2n) is 6.71. The summed E-state index contributed by atoms with van der Waals surface area (Å²) in [7, 11) is 0. The molecule has 2 aliphatic rings. The Bertz CT molecular complexity index is 812. The molecule has 0 bridgehead atoms. The molecule has 0 spiro atoms. The van der Waals surface area contributed by atoms with E-state index in [2.05, 4.69) is 17.1 Å². The summed E-state index contributed by atoms with van der Waals surface area (Å²) >= 11 is 0. The van der Waals surface area contributed by atoms with E-state index < -0.39 is 0 Å². The molecule has 1 aromatic carbocycles. The van der Waals surface area contributed by atoms with Gasteiger partial charge < -0.3 is 9.80 Å². The Kier molecular flexibility index (Phi) is 4.22. The molecule has 0 saturated carbocycles. The number of carbonyl (C=O) groups excluding carboxylic acids is 2. The smallest absolute Gasteiger partial charge is 0.255 e. The van der Waals surface area contributed by atoms with Crippen LogP contribution in [0.15, 0.2) is 42.7 Å². The number of fused-ring (bicyclic) bond motifs is 1. The lowest BCUT2D eigenvalue weighted by Crippen LogP contribution is -2.36. The van der Waals surface area contributed by atoms with Crippen molar-refractivity contribution in [1.29, 1.82) is 0 Å². The van der Waals surface area contributed by atoms with E-state index in [0.29, 0.717) is 24.2 Å². The topological polar surface area (TPSA) is 53.5 Å². The third kappa shape index (κ3) is 3.14. The zero-order chi connectivity index (χ0) is 17.2. The summed E-state index contributed by atoms with van der Waals surface area (Å²) < 4.78 is 0. The minimum absolute atomic E-state index is 0.0244. The van der Waals surface area contributed by atoms with Crippen LogP contribution in [0.2, 0.25) is 0 Å². The molecular weight excluding hydrogens is 314 g/mol. The van der Waals surface area contributed by atoms with Gasteiger partial charge in [-0.15, -0.1) is 0 Å². The first-order valence-corrected chi connectivity index (χ1v) is 8.83. The Labute approximate surface area is 147 Å². The molecule has 0 atom stereocenters. The van der Waals surface area contributed by atoms with Crippen molar-refractivity contribution in [2.45, 2.75) is 25.8 Å².